The van der Waals surface area contributed by atoms with Crippen LogP contribution >= 0.6 is 0 Å². The summed E-state index contributed by atoms with van der Waals surface area (Å²) >= 11 is 0. The smallest absolute Gasteiger partial charge is 0.252 e. The molecular formula is C15H23N3O4S. The summed E-state index contributed by atoms with van der Waals surface area (Å²) in [7, 11) is -3.73. The number of carbonyl (C=O) groups is 1. The Balaban J connectivity index is 2.28. The minimum atomic E-state index is -3.73. The molecule has 128 valence electrons. The first-order chi connectivity index (χ1) is 10.7. The maximum Gasteiger partial charge on any atom is 0.252 e. The van der Waals surface area contributed by atoms with Crippen LogP contribution in [0.1, 0.15) is 24.2 Å². The zero-order valence-electron chi connectivity index (χ0n) is 13.4. The number of hydrogen-bond acceptors (Lipinski definition) is 5. The average molecular weight is 341 g/mol. The molecule has 0 spiro atoms. The van der Waals surface area contributed by atoms with Gasteiger partial charge >= 0.3 is 0 Å². The number of sulfonamides is 1. The maximum atomic E-state index is 12.8. The van der Waals surface area contributed by atoms with E-state index < -0.39 is 21.5 Å². The van der Waals surface area contributed by atoms with Gasteiger partial charge in [-0.05, 0) is 26.0 Å². The van der Waals surface area contributed by atoms with E-state index in [0.717, 1.165) is 0 Å². The van der Waals surface area contributed by atoms with E-state index in [2.05, 4.69) is 5.32 Å². The summed E-state index contributed by atoms with van der Waals surface area (Å²) < 4.78 is 32.1. The SMILES string of the molecule is CC(C)(N)CNC(=O)c1ccccc1S(=O)(=O)N1CCOCC1. The Bertz CT molecular complexity index is 662. The van der Waals surface area contributed by atoms with Gasteiger partial charge in [-0.2, -0.15) is 4.31 Å². The van der Waals surface area contributed by atoms with Crippen LogP contribution in [0.5, 0.6) is 0 Å². The molecule has 3 N–H and O–H groups in total. The van der Waals surface area contributed by atoms with Gasteiger partial charge in [0, 0.05) is 25.2 Å². The van der Waals surface area contributed by atoms with Crippen molar-refractivity contribution in [3.05, 3.63) is 29.8 Å². The van der Waals surface area contributed by atoms with Crippen molar-refractivity contribution in [3.63, 3.8) is 0 Å². The van der Waals surface area contributed by atoms with Crippen LogP contribution in [0.15, 0.2) is 29.2 Å². The first-order valence-corrected chi connectivity index (χ1v) is 8.90. The third-order valence-electron chi connectivity index (χ3n) is 3.42. The topological polar surface area (TPSA) is 102 Å². The first-order valence-electron chi connectivity index (χ1n) is 7.46. The van der Waals surface area contributed by atoms with Crippen LogP contribution in [0.25, 0.3) is 0 Å². The molecule has 1 fully saturated rings. The van der Waals surface area contributed by atoms with Crippen LogP contribution in [-0.2, 0) is 14.8 Å². The highest BCUT2D eigenvalue weighted by Gasteiger charge is 2.30. The number of amides is 1. The summed E-state index contributed by atoms with van der Waals surface area (Å²) in [5.74, 6) is -0.448. The molecule has 0 saturated carbocycles. The van der Waals surface area contributed by atoms with Crippen molar-refractivity contribution in [2.75, 3.05) is 32.8 Å². The molecule has 1 aliphatic rings. The molecule has 0 aliphatic carbocycles. The van der Waals surface area contributed by atoms with Gasteiger partial charge in [0.2, 0.25) is 10.0 Å². The van der Waals surface area contributed by atoms with E-state index in [4.69, 9.17) is 10.5 Å². The van der Waals surface area contributed by atoms with E-state index >= 15 is 0 Å². The fourth-order valence-electron chi connectivity index (χ4n) is 2.21. The third kappa shape index (κ3) is 4.51. The van der Waals surface area contributed by atoms with Gasteiger partial charge in [0.15, 0.2) is 0 Å². The molecule has 2 rings (SSSR count). The Labute approximate surface area is 136 Å². The highest BCUT2D eigenvalue weighted by Crippen LogP contribution is 2.21. The minimum absolute atomic E-state index is 0.00854. The lowest BCUT2D eigenvalue weighted by Crippen LogP contribution is -2.45. The van der Waals surface area contributed by atoms with Gasteiger partial charge in [0.25, 0.3) is 5.91 Å². The molecule has 1 aromatic rings. The van der Waals surface area contributed by atoms with E-state index in [-0.39, 0.29) is 30.1 Å². The van der Waals surface area contributed by atoms with E-state index in [1.54, 1.807) is 26.0 Å². The Morgan fingerprint density at radius 3 is 2.52 bits per heavy atom. The van der Waals surface area contributed by atoms with Gasteiger partial charge in [-0.15, -0.1) is 0 Å². The Morgan fingerprint density at radius 2 is 1.91 bits per heavy atom. The molecule has 7 nitrogen and oxygen atoms in total. The molecule has 0 atom stereocenters. The number of nitrogens with zero attached hydrogens (tertiary/aromatic N) is 1. The molecular weight excluding hydrogens is 318 g/mol. The summed E-state index contributed by atoms with van der Waals surface area (Å²) in [4.78, 5) is 12.4. The number of carbonyl (C=O) groups excluding carboxylic acids is 1. The van der Waals surface area contributed by atoms with E-state index in [9.17, 15) is 13.2 Å². The monoisotopic (exact) mass is 341 g/mol. The van der Waals surface area contributed by atoms with Crippen molar-refractivity contribution in [1.82, 2.24) is 9.62 Å². The molecule has 8 heteroatoms. The first kappa shape index (κ1) is 17.9. The molecule has 1 heterocycles. The predicted octanol–water partition coefficient (Wildman–Crippen LogP) is 0.175. The molecule has 0 radical (unpaired) electrons. The minimum Gasteiger partial charge on any atom is -0.379 e. The van der Waals surface area contributed by atoms with Crippen molar-refractivity contribution in [2.45, 2.75) is 24.3 Å². The third-order valence-corrected chi connectivity index (χ3v) is 5.38. The van der Waals surface area contributed by atoms with Gasteiger partial charge < -0.3 is 15.8 Å². The number of ether oxygens (including phenoxy) is 1. The van der Waals surface area contributed by atoms with Crippen molar-refractivity contribution in [3.8, 4) is 0 Å². The molecule has 23 heavy (non-hydrogen) atoms. The normalized spacial score (nSPS) is 17.0. The lowest BCUT2D eigenvalue weighted by Gasteiger charge is -2.27. The molecule has 0 bridgehead atoms. The number of hydrogen-bond donors (Lipinski definition) is 2. The van der Waals surface area contributed by atoms with Crippen molar-refractivity contribution >= 4 is 15.9 Å². The lowest BCUT2D eigenvalue weighted by atomic mass is 10.1. The second-order valence-corrected chi connectivity index (χ2v) is 8.09. The van der Waals surface area contributed by atoms with Crippen LogP contribution in [-0.4, -0.2) is 57.0 Å². The summed E-state index contributed by atoms with van der Waals surface area (Å²) in [6.45, 7) is 5.09. The maximum absolute atomic E-state index is 12.8. The highest BCUT2D eigenvalue weighted by atomic mass is 32.2. The number of rotatable bonds is 5. The van der Waals surface area contributed by atoms with Crippen LogP contribution < -0.4 is 11.1 Å². The molecule has 1 saturated heterocycles. The fraction of sp³-hybridized carbons (Fsp3) is 0.533. The molecule has 0 unspecified atom stereocenters. The van der Waals surface area contributed by atoms with E-state index in [0.29, 0.717) is 13.2 Å². The zero-order valence-corrected chi connectivity index (χ0v) is 14.2. The van der Waals surface area contributed by atoms with Gasteiger partial charge in [0.05, 0.1) is 23.7 Å². The van der Waals surface area contributed by atoms with Crippen LogP contribution in [0.3, 0.4) is 0 Å². The quantitative estimate of drug-likeness (QED) is 0.795. The van der Waals surface area contributed by atoms with Crippen LogP contribution in [0.2, 0.25) is 0 Å². The highest BCUT2D eigenvalue weighted by molar-refractivity contribution is 7.89. The molecule has 1 aliphatic heterocycles. The standard InChI is InChI=1S/C15H23N3O4S/c1-15(2,16)11-17-14(19)12-5-3-4-6-13(12)23(20,21)18-7-9-22-10-8-18/h3-6H,7-11,16H2,1-2H3,(H,17,19). The number of morpholine rings is 1. The average Bonchev–Trinajstić information content (AvgIpc) is 2.53. The second kappa shape index (κ2) is 6.96. The fourth-order valence-corrected chi connectivity index (χ4v) is 3.81. The second-order valence-electron chi connectivity index (χ2n) is 6.18. The number of nitrogens with one attached hydrogen (secondary N) is 1. The Kier molecular flexibility index (Phi) is 5.41. The summed E-state index contributed by atoms with van der Waals surface area (Å²) in [6, 6.07) is 6.21. The zero-order chi connectivity index (χ0) is 17.1. The summed E-state index contributed by atoms with van der Waals surface area (Å²) in [5.41, 5.74) is 5.40. The molecule has 1 amide bonds. The summed E-state index contributed by atoms with van der Waals surface area (Å²) in [6.07, 6.45) is 0. The van der Waals surface area contributed by atoms with Gasteiger partial charge in [-0.25, -0.2) is 8.42 Å². The summed E-state index contributed by atoms with van der Waals surface area (Å²) in [5, 5.41) is 2.68. The van der Waals surface area contributed by atoms with Crippen LogP contribution in [0.4, 0.5) is 0 Å². The predicted molar refractivity (Wildman–Crippen MR) is 86.6 cm³/mol. The van der Waals surface area contributed by atoms with Crippen molar-refractivity contribution < 1.29 is 17.9 Å². The van der Waals surface area contributed by atoms with Gasteiger partial charge in [-0.3, -0.25) is 4.79 Å². The largest absolute Gasteiger partial charge is 0.379 e. The number of benzene rings is 1. The van der Waals surface area contributed by atoms with Crippen LogP contribution in [0, 0.1) is 0 Å². The van der Waals surface area contributed by atoms with E-state index in [1.807, 2.05) is 0 Å². The van der Waals surface area contributed by atoms with Crippen molar-refractivity contribution in [1.29, 1.82) is 0 Å². The van der Waals surface area contributed by atoms with Crippen molar-refractivity contribution in [2.24, 2.45) is 5.73 Å². The van der Waals surface area contributed by atoms with Gasteiger partial charge in [-0.1, -0.05) is 12.1 Å². The molecule has 0 aromatic heterocycles. The van der Waals surface area contributed by atoms with Gasteiger partial charge in [0.1, 0.15) is 0 Å². The Morgan fingerprint density at radius 1 is 1.30 bits per heavy atom. The Hall–Kier alpha value is -1.48. The molecule has 1 aromatic carbocycles. The lowest BCUT2D eigenvalue weighted by molar-refractivity contribution is 0.0729. The van der Waals surface area contributed by atoms with E-state index in [1.165, 1.54) is 16.4 Å². The number of nitrogens with two attached hydrogens (primary N) is 1.